The molecule has 0 radical (unpaired) electrons. The smallest absolute Gasteiger partial charge is 0.249 e. The fourth-order valence-electron chi connectivity index (χ4n) is 3.35. The van der Waals surface area contributed by atoms with E-state index in [0.717, 1.165) is 30.1 Å². The minimum absolute atomic E-state index is 0.0472. The third-order valence-electron chi connectivity index (χ3n) is 4.63. The standard InChI is InChI=1S/C18H20N6O/c1-13-21-22-16-9-8-15(12-23(13)16)20-18(25)17(24-11-5-10-19-24)14-6-3-2-4-7-14/h2-7,10-11,15,17H,8-9,12H2,1H3,(H,20,25)/t15-,17+/m0/s1. The summed E-state index contributed by atoms with van der Waals surface area (Å²) < 4.78 is 3.78. The average molecular weight is 336 g/mol. The van der Waals surface area contributed by atoms with Crippen LogP contribution in [0.4, 0.5) is 0 Å². The van der Waals surface area contributed by atoms with Gasteiger partial charge in [-0.15, -0.1) is 10.2 Å². The first kappa shape index (κ1) is 15.6. The Bertz CT molecular complexity index is 855. The van der Waals surface area contributed by atoms with Crippen molar-refractivity contribution in [2.45, 2.75) is 38.4 Å². The second-order valence-electron chi connectivity index (χ2n) is 6.32. The maximum atomic E-state index is 13.0. The second kappa shape index (κ2) is 6.51. The number of fused-ring (bicyclic) bond motifs is 1. The van der Waals surface area contributed by atoms with Crippen molar-refractivity contribution < 1.29 is 4.79 Å². The van der Waals surface area contributed by atoms with E-state index in [9.17, 15) is 4.79 Å². The van der Waals surface area contributed by atoms with Gasteiger partial charge in [-0.1, -0.05) is 30.3 Å². The van der Waals surface area contributed by atoms with Crippen LogP contribution in [0.25, 0.3) is 0 Å². The lowest BCUT2D eigenvalue weighted by Crippen LogP contribution is -2.44. The normalized spacial score (nSPS) is 17.7. The van der Waals surface area contributed by atoms with Crippen molar-refractivity contribution in [3.05, 3.63) is 66.0 Å². The molecule has 25 heavy (non-hydrogen) atoms. The van der Waals surface area contributed by atoms with Gasteiger partial charge in [0, 0.05) is 31.4 Å². The van der Waals surface area contributed by atoms with E-state index < -0.39 is 6.04 Å². The molecule has 0 spiro atoms. The number of carbonyl (C=O) groups excluding carboxylic acids is 1. The van der Waals surface area contributed by atoms with Crippen LogP contribution in [-0.4, -0.2) is 36.5 Å². The predicted octanol–water partition coefficient (Wildman–Crippen LogP) is 1.50. The third kappa shape index (κ3) is 3.05. The molecule has 0 unspecified atom stereocenters. The Morgan fingerprint density at radius 3 is 2.84 bits per heavy atom. The lowest BCUT2D eigenvalue weighted by atomic mass is 10.0. The van der Waals surface area contributed by atoms with Crippen LogP contribution in [0.15, 0.2) is 48.8 Å². The van der Waals surface area contributed by atoms with Gasteiger partial charge in [-0.2, -0.15) is 5.10 Å². The molecule has 0 saturated heterocycles. The van der Waals surface area contributed by atoms with Crippen molar-refractivity contribution in [2.75, 3.05) is 0 Å². The van der Waals surface area contributed by atoms with E-state index in [1.54, 1.807) is 10.9 Å². The SMILES string of the molecule is Cc1nnc2n1C[C@@H](NC(=O)[C@@H](c1ccccc1)n1cccn1)CC2. The van der Waals surface area contributed by atoms with Crippen LogP contribution in [0, 0.1) is 6.92 Å². The summed E-state index contributed by atoms with van der Waals surface area (Å²) in [7, 11) is 0. The van der Waals surface area contributed by atoms with Crippen molar-refractivity contribution in [1.82, 2.24) is 29.9 Å². The Balaban J connectivity index is 1.55. The number of aromatic nitrogens is 5. The molecule has 1 amide bonds. The summed E-state index contributed by atoms with van der Waals surface area (Å²) in [5.74, 6) is 1.84. The second-order valence-corrected chi connectivity index (χ2v) is 6.32. The molecule has 3 heterocycles. The van der Waals surface area contributed by atoms with Crippen molar-refractivity contribution in [1.29, 1.82) is 0 Å². The topological polar surface area (TPSA) is 77.6 Å². The Labute approximate surface area is 145 Å². The fraction of sp³-hybridized carbons (Fsp3) is 0.333. The number of hydrogen-bond acceptors (Lipinski definition) is 4. The summed E-state index contributed by atoms with van der Waals surface area (Å²) in [6.45, 7) is 2.65. The summed E-state index contributed by atoms with van der Waals surface area (Å²) in [5.41, 5.74) is 0.917. The number of nitrogens with zero attached hydrogens (tertiary/aromatic N) is 5. The highest BCUT2D eigenvalue weighted by molar-refractivity contribution is 5.83. The first-order chi connectivity index (χ1) is 12.2. The van der Waals surface area contributed by atoms with Crippen LogP contribution >= 0.6 is 0 Å². The number of nitrogens with one attached hydrogen (secondary N) is 1. The molecular formula is C18H20N6O. The Hall–Kier alpha value is -2.96. The number of benzene rings is 1. The monoisotopic (exact) mass is 336 g/mol. The first-order valence-corrected chi connectivity index (χ1v) is 8.45. The molecule has 1 N–H and O–H groups in total. The zero-order chi connectivity index (χ0) is 17.2. The molecule has 7 heteroatoms. The number of amides is 1. The van der Waals surface area contributed by atoms with E-state index in [0.29, 0.717) is 6.54 Å². The Kier molecular flexibility index (Phi) is 4.05. The number of aryl methyl sites for hydroxylation is 2. The largest absolute Gasteiger partial charge is 0.349 e. The van der Waals surface area contributed by atoms with Crippen LogP contribution < -0.4 is 5.32 Å². The van der Waals surface area contributed by atoms with E-state index in [-0.39, 0.29) is 11.9 Å². The van der Waals surface area contributed by atoms with Gasteiger partial charge in [0.1, 0.15) is 11.6 Å². The first-order valence-electron chi connectivity index (χ1n) is 8.45. The molecule has 2 aromatic heterocycles. The summed E-state index contributed by atoms with van der Waals surface area (Å²) in [6, 6.07) is 11.1. The van der Waals surface area contributed by atoms with Crippen molar-refractivity contribution in [2.24, 2.45) is 0 Å². The van der Waals surface area contributed by atoms with Crippen LogP contribution in [0.2, 0.25) is 0 Å². The molecule has 1 aliphatic heterocycles. The molecule has 2 atom stereocenters. The van der Waals surface area contributed by atoms with E-state index >= 15 is 0 Å². The van der Waals surface area contributed by atoms with Crippen molar-refractivity contribution >= 4 is 5.91 Å². The highest BCUT2D eigenvalue weighted by Crippen LogP contribution is 2.20. The minimum Gasteiger partial charge on any atom is -0.349 e. The van der Waals surface area contributed by atoms with E-state index in [1.165, 1.54) is 0 Å². The van der Waals surface area contributed by atoms with E-state index in [2.05, 4.69) is 25.2 Å². The van der Waals surface area contributed by atoms with Crippen LogP contribution in [0.1, 0.15) is 29.7 Å². The molecule has 0 bridgehead atoms. The lowest BCUT2D eigenvalue weighted by molar-refractivity contribution is -0.124. The maximum Gasteiger partial charge on any atom is 0.249 e. The van der Waals surface area contributed by atoms with E-state index in [1.807, 2.05) is 49.5 Å². The van der Waals surface area contributed by atoms with Gasteiger partial charge in [0.15, 0.2) is 6.04 Å². The molecule has 7 nitrogen and oxygen atoms in total. The van der Waals surface area contributed by atoms with Crippen molar-refractivity contribution in [3.63, 3.8) is 0 Å². The van der Waals surface area contributed by atoms with Gasteiger partial charge in [-0.05, 0) is 25.0 Å². The van der Waals surface area contributed by atoms with Gasteiger partial charge in [0.05, 0.1) is 0 Å². The summed E-state index contributed by atoms with van der Waals surface area (Å²) in [4.78, 5) is 13.0. The Morgan fingerprint density at radius 2 is 2.08 bits per heavy atom. The van der Waals surface area contributed by atoms with E-state index in [4.69, 9.17) is 0 Å². The van der Waals surface area contributed by atoms with Gasteiger partial charge >= 0.3 is 0 Å². The summed E-state index contributed by atoms with van der Waals surface area (Å²) in [6.07, 6.45) is 5.20. The zero-order valence-electron chi connectivity index (χ0n) is 14.0. The molecule has 0 fully saturated rings. The maximum absolute atomic E-state index is 13.0. The zero-order valence-corrected chi connectivity index (χ0v) is 14.0. The highest BCUT2D eigenvalue weighted by Gasteiger charge is 2.28. The minimum atomic E-state index is -0.473. The van der Waals surface area contributed by atoms with Crippen LogP contribution in [-0.2, 0) is 17.8 Å². The quantitative estimate of drug-likeness (QED) is 0.783. The molecular weight excluding hydrogens is 316 g/mol. The molecule has 1 aliphatic rings. The average Bonchev–Trinajstić information content (AvgIpc) is 3.27. The van der Waals surface area contributed by atoms with Gasteiger partial charge < -0.3 is 9.88 Å². The third-order valence-corrected chi connectivity index (χ3v) is 4.63. The van der Waals surface area contributed by atoms with Gasteiger partial charge in [0.2, 0.25) is 5.91 Å². The Morgan fingerprint density at radius 1 is 1.24 bits per heavy atom. The molecule has 0 aliphatic carbocycles. The molecule has 4 rings (SSSR count). The summed E-state index contributed by atoms with van der Waals surface area (Å²) >= 11 is 0. The van der Waals surface area contributed by atoms with Crippen LogP contribution in [0.5, 0.6) is 0 Å². The van der Waals surface area contributed by atoms with Gasteiger partial charge in [-0.3, -0.25) is 9.48 Å². The lowest BCUT2D eigenvalue weighted by Gasteiger charge is -2.27. The number of carbonyl (C=O) groups is 1. The highest BCUT2D eigenvalue weighted by atomic mass is 16.2. The van der Waals surface area contributed by atoms with Gasteiger partial charge in [-0.25, -0.2) is 0 Å². The molecule has 128 valence electrons. The molecule has 0 saturated carbocycles. The number of rotatable bonds is 4. The van der Waals surface area contributed by atoms with Crippen LogP contribution in [0.3, 0.4) is 0 Å². The number of hydrogen-bond donors (Lipinski definition) is 1. The summed E-state index contributed by atoms with van der Waals surface area (Å²) in [5, 5.41) is 15.8. The molecule has 3 aromatic rings. The molecule has 1 aromatic carbocycles. The van der Waals surface area contributed by atoms with Gasteiger partial charge in [0.25, 0.3) is 0 Å². The van der Waals surface area contributed by atoms with Crippen molar-refractivity contribution in [3.8, 4) is 0 Å². The predicted molar refractivity (Wildman–Crippen MR) is 91.8 cm³/mol. The fourth-order valence-corrected chi connectivity index (χ4v) is 3.35.